The number of carboxylic acids is 1. The number of hydrogen-bond acceptors (Lipinski definition) is 7. The average molecular weight is 326 g/mol. The van der Waals surface area contributed by atoms with Crippen LogP contribution >= 0.6 is 0 Å². The van der Waals surface area contributed by atoms with E-state index in [1.807, 2.05) is 0 Å². The zero-order valence-corrected chi connectivity index (χ0v) is 13.0. The molecule has 124 valence electrons. The molecule has 0 radical (unpaired) electrons. The van der Waals surface area contributed by atoms with Crippen LogP contribution in [-0.2, 0) is 4.79 Å². The van der Waals surface area contributed by atoms with E-state index in [0.29, 0.717) is 11.5 Å². The molecule has 24 heavy (non-hydrogen) atoms. The van der Waals surface area contributed by atoms with Gasteiger partial charge in [-0.05, 0) is 25.0 Å². The van der Waals surface area contributed by atoms with Crippen LogP contribution in [-0.4, -0.2) is 50.1 Å². The quantitative estimate of drug-likeness (QED) is 0.796. The van der Waals surface area contributed by atoms with Crippen molar-refractivity contribution in [3.05, 3.63) is 42.6 Å². The molecule has 8 heteroatoms. The van der Waals surface area contributed by atoms with Gasteiger partial charge >= 0.3 is 5.97 Å². The van der Waals surface area contributed by atoms with E-state index in [2.05, 4.69) is 30.2 Å². The van der Waals surface area contributed by atoms with Crippen LogP contribution in [0.15, 0.2) is 36.9 Å². The third kappa shape index (κ3) is 4.25. The number of piperidine rings is 1. The van der Waals surface area contributed by atoms with Gasteiger partial charge < -0.3 is 15.3 Å². The summed E-state index contributed by atoms with van der Waals surface area (Å²) in [6, 6.07) is 2.04. The average Bonchev–Trinajstić information content (AvgIpc) is 2.62. The normalized spacial score (nSPS) is 17.8. The van der Waals surface area contributed by atoms with E-state index in [0.717, 1.165) is 38.0 Å². The van der Waals surface area contributed by atoms with Gasteiger partial charge in [0.1, 0.15) is 5.82 Å². The highest BCUT2D eigenvalue weighted by Crippen LogP contribution is 2.17. The zero-order valence-electron chi connectivity index (χ0n) is 13.0. The number of aromatic nitrogens is 4. The standard InChI is InChI=1S/C16H18N6O2/c23-15(24)5-4-12-9-20-14(10-19-12)21-13-3-1-8-22(11-13)16-17-6-2-7-18-16/h2,4-7,9-10,13H,1,3,8,11H2,(H,20,21)(H,23,24)/b5-4+/t13-/m1/s1. The van der Waals surface area contributed by atoms with Crippen LogP contribution in [0.2, 0.25) is 0 Å². The van der Waals surface area contributed by atoms with E-state index in [9.17, 15) is 4.79 Å². The predicted molar refractivity (Wildman–Crippen MR) is 89.6 cm³/mol. The van der Waals surface area contributed by atoms with E-state index < -0.39 is 5.97 Å². The Kier molecular flexibility index (Phi) is 4.95. The van der Waals surface area contributed by atoms with Crippen molar-refractivity contribution in [2.24, 2.45) is 0 Å². The molecule has 0 spiro atoms. The highest BCUT2D eigenvalue weighted by atomic mass is 16.4. The summed E-state index contributed by atoms with van der Waals surface area (Å²) < 4.78 is 0. The fourth-order valence-electron chi connectivity index (χ4n) is 2.60. The SMILES string of the molecule is O=C(O)/C=C/c1cnc(N[C@@H]2CCCN(c3ncccn3)C2)cn1. The Morgan fingerprint density at radius 1 is 1.25 bits per heavy atom. The van der Waals surface area contributed by atoms with Gasteiger partial charge in [0.05, 0.1) is 18.1 Å². The van der Waals surface area contributed by atoms with E-state index >= 15 is 0 Å². The van der Waals surface area contributed by atoms with E-state index in [-0.39, 0.29) is 6.04 Å². The number of aliphatic carboxylic acids is 1. The molecule has 0 unspecified atom stereocenters. The lowest BCUT2D eigenvalue weighted by Crippen LogP contribution is -2.43. The third-order valence-corrected chi connectivity index (χ3v) is 3.68. The number of rotatable bonds is 5. The summed E-state index contributed by atoms with van der Waals surface area (Å²) in [6.45, 7) is 1.74. The molecule has 0 amide bonds. The molecule has 2 aromatic rings. The first-order valence-electron chi connectivity index (χ1n) is 7.72. The van der Waals surface area contributed by atoms with Crippen molar-refractivity contribution in [2.75, 3.05) is 23.3 Å². The first-order valence-corrected chi connectivity index (χ1v) is 7.72. The van der Waals surface area contributed by atoms with Crippen LogP contribution in [0.3, 0.4) is 0 Å². The number of anilines is 2. The molecule has 0 aliphatic carbocycles. The largest absolute Gasteiger partial charge is 0.478 e. The molecular formula is C16H18N6O2. The van der Waals surface area contributed by atoms with Crippen molar-refractivity contribution in [1.82, 2.24) is 19.9 Å². The molecule has 2 aromatic heterocycles. The molecule has 1 saturated heterocycles. The van der Waals surface area contributed by atoms with Gasteiger partial charge in [-0.3, -0.25) is 4.98 Å². The number of nitrogens with zero attached hydrogens (tertiary/aromatic N) is 5. The Hall–Kier alpha value is -3.03. The van der Waals surface area contributed by atoms with Gasteiger partial charge in [0.25, 0.3) is 0 Å². The number of nitrogens with one attached hydrogen (secondary N) is 1. The zero-order chi connectivity index (χ0) is 16.8. The topological polar surface area (TPSA) is 104 Å². The van der Waals surface area contributed by atoms with Crippen LogP contribution in [0.25, 0.3) is 6.08 Å². The lowest BCUT2D eigenvalue weighted by Gasteiger charge is -2.33. The second-order valence-electron chi connectivity index (χ2n) is 5.48. The highest BCUT2D eigenvalue weighted by molar-refractivity contribution is 5.84. The minimum absolute atomic E-state index is 0.234. The molecular weight excluding hydrogens is 308 g/mol. The maximum absolute atomic E-state index is 10.5. The predicted octanol–water partition coefficient (Wildman–Crippen LogP) is 1.45. The Labute approximate surface area is 139 Å². The molecule has 3 rings (SSSR count). The summed E-state index contributed by atoms with van der Waals surface area (Å²) in [5.74, 6) is 0.400. The number of carbonyl (C=O) groups is 1. The molecule has 2 N–H and O–H groups in total. The van der Waals surface area contributed by atoms with Crippen LogP contribution in [0.1, 0.15) is 18.5 Å². The Bertz CT molecular complexity index is 704. The lowest BCUT2D eigenvalue weighted by molar-refractivity contribution is -0.131. The van der Waals surface area contributed by atoms with Crippen molar-refractivity contribution in [3.8, 4) is 0 Å². The summed E-state index contributed by atoms with van der Waals surface area (Å²) in [6.07, 6.45) is 11.2. The Morgan fingerprint density at radius 2 is 2.08 bits per heavy atom. The molecule has 8 nitrogen and oxygen atoms in total. The van der Waals surface area contributed by atoms with Gasteiger partial charge in [-0.1, -0.05) is 0 Å². The van der Waals surface area contributed by atoms with Gasteiger partial charge in [-0.25, -0.2) is 19.7 Å². The summed E-state index contributed by atoms with van der Waals surface area (Å²) >= 11 is 0. The maximum atomic E-state index is 10.5. The molecule has 1 atom stereocenters. The molecule has 0 saturated carbocycles. The highest BCUT2D eigenvalue weighted by Gasteiger charge is 2.21. The second-order valence-corrected chi connectivity index (χ2v) is 5.48. The number of carboxylic acid groups (broad SMARTS) is 1. The molecule has 0 aromatic carbocycles. The van der Waals surface area contributed by atoms with Gasteiger partial charge in [-0.15, -0.1) is 0 Å². The fourth-order valence-corrected chi connectivity index (χ4v) is 2.60. The van der Waals surface area contributed by atoms with Gasteiger partial charge in [0.2, 0.25) is 5.95 Å². The lowest BCUT2D eigenvalue weighted by atomic mass is 10.1. The summed E-state index contributed by atoms with van der Waals surface area (Å²) in [5, 5.41) is 12.0. The smallest absolute Gasteiger partial charge is 0.328 e. The van der Waals surface area contributed by atoms with Crippen molar-refractivity contribution < 1.29 is 9.90 Å². The second kappa shape index (κ2) is 7.49. The first-order chi connectivity index (χ1) is 11.7. The van der Waals surface area contributed by atoms with E-state index in [1.165, 1.54) is 6.08 Å². The van der Waals surface area contributed by atoms with E-state index in [4.69, 9.17) is 5.11 Å². The molecule has 3 heterocycles. The van der Waals surface area contributed by atoms with E-state index in [1.54, 1.807) is 30.9 Å². The molecule has 1 fully saturated rings. The van der Waals surface area contributed by atoms with Crippen LogP contribution in [0.4, 0.5) is 11.8 Å². The minimum Gasteiger partial charge on any atom is -0.478 e. The monoisotopic (exact) mass is 326 g/mol. The summed E-state index contributed by atoms with van der Waals surface area (Å²) in [4.78, 5) is 29.7. The van der Waals surface area contributed by atoms with Crippen molar-refractivity contribution in [1.29, 1.82) is 0 Å². The van der Waals surface area contributed by atoms with Crippen LogP contribution in [0, 0.1) is 0 Å². The summed E-state index contributed by atoms with van der Waals surface area (Å²) in [7, 11) is 0. The maximum Gasteiger partial charge on any atom is 0.328 e. The van der Waals surface area contributed by atoms with Crippen LogP contribution in [0.5, 0.6) is 0 Å². The van der Waals surface area contributed by atoms with Gasteiger partial charge in [0, 0.05) is 37.6 Å². The third-order valence-electron chi connectivity index (χ3n) is 3.68. The van der Waals surface area contributed by atoms with Crippen molar-refractivity contribution in [3.63, 3.8) is 0 Å². The summed E-state index contributed by atoms with van der Waals surface area (Å²) in [5.41, 5.74) is 0.505. The first kappa shape index (κ1) is 15.9. The van der Waals surface area contributed by atoms with Crippen molar-refractivity contribution in [2.45, 2.75) is 18.9 Å². The van der Waals surface area contributed by atoms with Crippen molar-refractivity contribution >= 4 is 23.8 Å². The van der Waals surface area contributed by atoms with Crippen LogP contribution < -0.4 is 10.2 Å². The Balaban J connectivity index is 1.60. The van der Waals surface area contributed by atoms with Gasteiger partial charge in [-0.2, -0.15) is 0 Å². The molecule has 1 aliphatic heterocycles. The minimum atomic E-state index is -1.01. The molecule has 0 bridgehead atoms. The van der Waals surface area contributed by atoms with Gasteiger partial charge in [0.15, 0.2) is 0 Å². The Morgan fingerprint density at radius 3 is 2.79 bits per heavy atom. The number of hydrogen-bond donors (Lipinski definition) is 2. The molecule has 1 aliphatic rings. The fraction of sp³-hybridized carbons (Fsp3) is 0.312.